The minimum absolute atomic E-state index is 0. The van der Waals surface area contributed by atoms with Crippen LogP contribution in [0.1, 0.15) is 23.6 Å². The second kappa shape index (κ2) is 5.87. The molecule has 0 amide bonds. The van der Waals surface area contributed by atoms with Gasteiger partial charge in [0.15, 0.2) is 0 Å². The maximum Gasteiger partial charge on any atom is 0.327 e. The van der Waals surface area contributed by atoms with E-state index in [0.29, 0.717) is 0 Å². The second-order valence-electron chi connectivity index (χ2n) is 3.71. The number of ether oxygens (including phenoxy) is 1. The van der Waals surface area contributed by atoms with Crippen molar-refractivity contribution in [3.05, 3.63) is 35.4 Å². The number of hydrogen-bond acceptors (Lipinski definition) is 3. The Labute approximate surface area is 102 Å². The van der Waals surface area contributed by atoms with Crippen LogP contribution in [0.5, 0.6) is 0 Å². The van der Waals surface area contributed by atoms with Gasteiger partial charge in [-0.25, -0.2) is 4.79 Å². The van der Waals surface area contributed by atoms with E-state index < -0.39 is 0 Å². The van der Waals surface area contributed by atoms with Gasteiger partial charge in [-0.05, 0) is 30.5 Å². The number of hydrogen-bond donors (Lipinski definition) is 1. The smallest absolute Gasteiger partial charge is 0.327 e. The van der Waals surface area contributed by atoms with Crippen molar-refractivity contribution in [1.82, 2.24) is 5.32 Å². The molecule has 1 aromatic carbocycles. The van der Waals surface area contributed by atoms with Crippen LogP contribution >= 0.6 is 12.4 Å². The molecule has 1 aromatic rings. The number of fused-ring (bicyclic) bond motifs is 1. The second-order valence-corrected chi connectivity index (χ2v) is 3.71. The molecule has 0 fully saturated rings. The zero-order valence-electron chi connectivity index (χ0n) is 9.23. The monoisotopic (exact) mass is 241 g/mol. The average molecular weight is 242 g/mol. The van der Waals surface area contributed by atoms with Crippen molar-refractivity contribution < 1.29 is 9.53 Å². The van der Waals surface area contributed by atoms with Crippen LogP contribution in [0.15, 0.2) is 24.3 Å². The lowest BCUT2D eigenvalue weighted by Crippen LogP contribution is -2.29. The average Bonchev–Trinajstić information content (AvgIpc) is 2.50. The molecule has 88 valence electrons. The molecule has 0 aliphatic carbocycles. The summed E-state index contributed by atoms with van der Waals surface area (Å²) in [4.78, 5) is 11.6. The van der Waals surface area contributed by atoms with E-state index in [9.17, 15) is 4.79 Å². The van der Waals surface area contributed by atoms with E-state index in [2.05, 4.69) is 11.4 Å². The number of aryl methyl sites for hydroxylation is 1. The Kier molecular flexibility index (Phi) is 4.77. The van der Waals surface area contributed by atoms with E-state index >= 15 is 0 Å². The van der Waals surface area contributed by atoms with Crippen molar-refractivity contribution >= 4 is 18.4 Å². The zero-order valence-corrected chi connectivity index (χ0v) is 10.0. The molecule has 3 nitrogen and oxygen atoms in total. The first kappa shape index (κ1) is 13.0. The summed E-state index contributed by atoms with van der Waals surface area (Å²) in [5.74, 6) is -0.204. The molecular formula is C12H16ClNO2. The molecule has 1 N–H and O–H groups in total. The van der Waals surface area contributed by atoms with Gasteiger partial charge in [0.2, 0.25) is 0 Å². The van der Waals surface area contributed by atoms with Crippen LogP contribution in [-0.2, 0) is 16.0 Å². The minimum atomic E-state index is -0.298. The van der Waals surface area contributed by atoms with Gasteiger partial charge >= 0.3 is 5.97 Å². The first-order valence-electron chi connectivity index (χ1n) is 5.22. The third kappa shape index (κ3) is 2.54. The Morgan fingerprint density at radius 2 is 2.19 bits per heavy atom. The Balaban J connectivity index is 0.00000128. The molecule has 2 rings (SSSR count). The summed E-state index contributed by atoms with van der Waals surface area (Å²) in [6, 6.07) is 7.75. The van der Waals surface area contributed by atoms with Crippen LogP contribution in [0.2, 0.25) is 0 Å². The summed E-state index contributed by atoms with van der Waals surface area (Å²) in [6.07, 6.45) is 2.08. The SMILES string of the molecule is COC(=O)C1NCCCc2ccccc21.Cl. The quantitative estimate of drug-likeness (QED) is 0.763. The Bertz CT molecular complexity index is 368. The molecule has 1 unspecified atom stereocenters. The molecule has 4 heteroatoms. The Morgan fingerprint density at radius 1 is 1.44 bits per heavy atom. The van der Waals surface area contributed by atoms with Crippen molar-refractivity contribution in [3.8, 4) is 0 Å². The van der Waals surface area contributed by atoms with Gasteiger partial charge in [0.1, 0.15) is 6.04 Å². The summed E-state index contributed by atoms with van der Waals surface area (Å²) in [7, 11) is 1.43. The largest absolute Gasteiger partial charge is 0.468 e. The van der Waals surface area contributed by atoms with Crippen LogP contribution in [0.4, 0.5) is 0 Å². The highest BCUT2D eigenvalue weighted by atomic mass is 35.5. The molecule has 1 aliphatic rings. The maximum absolute atomic E-state index is 11.6. The number of carbonyl (C=O) groups is 1. The topological polar surface area (TPSA) is 38.3 Å². The van der Waals surface area contributed by atoms with Crippen molar-refractivity contribution in [1.29, 1.82) is 0 Å². The lowest BCUT2D eigenvalue weighted by Gasteiger charge is -2.15. The summed E-state index contributed by atoms with van der Waals surface area (Å²) < 4.78 is 4.80. The summed E-state index contributed by atoms with van der Waals surface area (Å²) in [5.41, 5.74) is 2.31. The molecule has 0 saturated carbocycles. The van der Waals surface area contributed by atoms with E-state index in [1.807, 2.05) is 18.2 Å². The fraction of sp³-hybridized carbons (Fsp3) is 0.417. The lowest BCUT2D eigenvalue weighted by atomic mass is 9.99. The van der Waals surface area contributed by atoms with Gasteiger partial charge < -0.3 is 10.1 Å². The zero-order chi connectivity index (χ0) is 10.7. The molecule has 0 saturated heterocycles. The molecule has 0 spiro atoms. The summed E-state index contributed by atoms with van der Waals surface area (Å²) >= 11 is 0. The predicted molar refractivity (Wildman–Crippen MR) is 64.8 cm³/mol. The molecular weight excluding hydrogens is 226 g/mol. The summed E-state index contributed by atoms with van der Waals surface area (Å²) in [6.45, 7) is 0.856. The predicted octanol–water partition coefficient (Wildman–Crippen LogP) is 1.86. The first-order valence-corrected chi connectivity index (χ1v) is 5.22. The molecule has 0 radical (unpaired) electrons. The third-order valence-electron chi connectivity index (χ3n) is 2.77. The van der Waals surface area contributed by atoms with Crippen LogP contribution in [0.3, 0.4) is 0 Å². The van der Waals surface area contributed by atoms with Crippen molar-refractivity contribution in [2.45, 2.75) is 18.9 Å². The number of halogens is 1. The first-order chi connectivity index (χ1) is 7.33. The van der Waals surface area contributed by atoms with E-state index in [1.54, 1.807) is 0 Å². The highest BCUT2D eigenvalue weighted by molar-refractivity contribution is 5.85. The van der Waals surface area contributed by atoms with E-state index in [0.717, 1.165) is 24.9 Å². The molecule has 1 heterocycles. The lowest BCUT2D eigenvalue weighted by molar-refractivity contribution is -0.143. The molecule has 16 heavy (non-hydrogen) atoms. The molecule has 0 bridgehead atoms. The van der Waals surface area contributed by atoms with E-state index in [-0.39, 0.29) is 24.4 Å². The van der Waals surface area contributed by atoms with Crippen LogP contribution in [-0.4, -0.2) is 19.6 Å². The third-order valence-corrected chi connectivity index (χ3v) is 2.77. The fourth-order valence-corrected chi connectivity index (χ4v) is 2.01. The van der Waals surface area contributed by atoms with Gasteiger partial charge in [-0.1, -0.05) is 24.3 Å². The van der Waals surface area contributed by atoms with Crippen LogP contribution in [0.25, 0.3) is 0 Å². The number of nitrogens with one attached hydrogen (secondary N) is 1. The van der Waals surface area contributed by atoms with Gasteiger partial charge in [-0.3, -0.25) is 0 Å². The number of esters is 1. The van der Waals surface area contributed by atoms with E-state index in [4.69, 9.17) is 4.74 Å². The number of rotatable bonds is 1. The van der Waals surface area contributed by atoms with Gasteiger partial charge in [0.25, 0.3) is 0 Å². The maximum atomic E-state index is 11.6. The number of benzene rings is 1. The number of carbonyl (C=O) groups excluding carboxylic acids is 1. The van der Waals surface area contributed by atoms with E-state index in [1.165, 1.54) is 12.7 Å². The van der Waals surface area contributed by atoms with Gasteiger partial charge in [0, 0.05) is 0 Å². The van der Waals surface area contributed by atoms with Crippen LogP contribution < -0.4 is 5.32 Å². The van der Waals surface area contributed by atoms with Crippen LogP contribution in [0, 0.1) is 0 Å². The van der Waals surface area contributed by atoms with Crippen molar-refractivity contribution in [2.24, 2.45) is 0 Å². The normalized spacial score (nSPS) is 18.9. The molecule has 1 aliphatic heterocycles. The fourth-order valence-electron chi connectivity index (χ4n) is 2.01. The highest BCUT2D eigenvalue weighted by Gasteiger charge is 2.24. The highest BCUT2D eigenvalue weighted by Crippen LogP contribution is 2.23. The molecule has 0 aromatic heterocycles. The standard InChI is InChI=1S/C12H15NO2.ClH/c1-15-12(14)11-10-7-3-2-5-9(10)6-4-8-13-11;/h2-3,5,7,11,13H,4,6,8H2,1H3;1H. The van der Waals surface area contributed by atoms with Gasteiger partial charge in [-0.15, -0.1) is 12.4 Å². The van der Waals surface area contributed by atoms with Crippen molar-refractivity contribution in [3.63, 3.8) is 0 Å². The number of methoxy groups -OCH3 is 1. The Hall–Kier alpha value is -1.06. The minimum Gasteiger partial charge on any atom is -0.468 e. The van der Waals surface area contributed by atoms with Gasteiger partial charge in [-0.2, -0.15) is 0 Å². The van der Waals surface area contributed by atoms with Gasteiger partial charge in [0.05, 0.1) is 7.11 Å². The van der Waals surface area contributed by atoms with Crippen molar-refractivity contribution in [2.75, 3.05) is 13.7 Å². The summed E-state index contributed by atoms with van der Waals surface area (Å²) in [5, 5.41) is 3.21. The Morgan fingerprint density at radius 3 is 2.94 bits per heavy atom. The molecule has 1 atom stereocenters.